The van der Waals surface area contributed by atoms with Gasteiger partial charge in [0, 0.05) is 7.05 Å². The Labute approximate surface area is 112 Å². The molecule has 0 saturated carbocycles. The van der Waals surface area contributed by atoms with Crippen LogP contribution in [0.5, 0.6) is 5.75 Å². The van der Waals surface area contributed by atoms with Gasteiger partial charge in [0.25, 0.3) is 5.91 Å². The average molecular weight is 319 g/mol. The van der Waals surface area contributed by atoms with Crippen molar-refractivity contribution in [2.45, 2.75) is 0 Å². The molecular formula is C11H12BrFN2O3. The lowest BCUT2D eigenvalue weighted by Crippen LogP contribution is -2.37. The summed E-state index contributed by atoms with van der Waals surface area (Å²) in [6.07, 6.45) is 0. The van der Waals surface area contributed by atoms with Gasteiger partial charge in [-0.15, -0.1) is 0 Å². The third-order valence-corrected chi connectivity index (χ3v) is 2.60. The van der Waals surface area contributed by atoms with Gasteiger partial charge in [0.1, 0.15) is 11.6 Å². The van der Waals surface area contributed by atoms with E-state index in [4.69, 9.17) is 4.74 Å². The quantitative estimate of drug-likeness (QED) is 0.845. The third-order valence-electron chi connectivity index (χ3n) is 1.98. The van der Waals surface area contributed by atoms with E-state index in [-0.39, 0.29) is 19.1 Å². The van der Waals surface area contributed by atoms with Crippen molar-refractivity contribution in [2.75, 3.05) is 20.2 Å². The van der Waals surface area contributed by atoms with Crippen LogP contribution in [0.2, 0.25) is 0 Å². The predicted octanol–water partition coefficient (Wildman–Crippen LogP) is 0.829. The minimum absolute atomic E-state index is 0.108. The molecule has 0 aromatic heterocycles. The Morgan fingerprint density at radius 2 is 2.11 bits per heavy atom. The number of nitrogens with one attached hydrogen (secondary N) is 2. The van der Waals surface area contributed by atoms with Crippen LogP contribution in [0, 0.1) is 5.82 Å². The zero-order valence-electron chi connectivity index (χ0n) is 9.63. The predicted molar refractivity (Wildman–Crippen MR) is 66.7 cm³/mol. The highest BCUT2D eigenvalue weighted by molar-refractivity contribution is 9.10. The SMILES string of the molecule is CNC(=O)CNC(=O)COc1ccc(F)cc1Br. The number of carbonyl (C=O) groups is 2. The Morgan fingerprint density at radius 1 is 1.39 bits per heavy atom. The van der Waals surface area contributed by atoms with Gasteiger partial charge in [0.15, 0.2) is 6.61 Å². The molecule has 2 amide bonds. The molecule has 7 heteroatoms. The third kappa shape index (κ3) is 4.70. The first-order valence-corrected chi connectivity index (χ1v) is 5.87. The van der Waals surface area contributed by atoms with Gasteiger partial charge < -0.3 is 15.4 Å². The summed E-state index contributed by atoms with van der Waals surface area (Å²) in [5.74, 6) is -0.786. The van der Waals surface area contributed by atoms with Gasteiger partial charge in [-0.1, -0.05) is 0 Å². The van der Waals surface area contributed by atoms with Crippen molar-refractivity contribution in [1.29, 1.82) is 0 Å². The van der Waals surface area contributed by atoms with Crippen molar-refractivity contribution >= 4 is 27.7 Å². The fourth-order valence-corrected chi connectivity index (χ4v) is 1.52. The van der Waals surface area contributed by atoms with E-state index < -0.39 is 11.7 Å². The summed E-state index contributed by atoms with van der Waals surface area (Å²) in [7, 11) is 1.47. The highest BCUT2D eigenvalue weighted by Gasteiger charge is 2.07. The zero-order valence-corrected chi connectivity index (χ0v) is 11.2. The molecule has 0 spiro atoms. The summed E-state index contributed by atoms with van der Waals surface area (Å²) in [6.45, 7) is -0.357. The van der Waals surface area contributed by atoms with Crippen molar-refractivity contribution < 1.29 is 18.7 Å². The van der Waals surface area contributed by atoms with Gasteiger partial charge >= 0.3 is 0 Å². The molecule has 1 rings (SSSR count). The van der Waals surface area contributed by atoms with E-state index in [1.165, 1.54) is 25.2 Å². The first-order valence-electron chi connectivity index (χ1n) is 5.08. The Kier molecular flexibility index (Phi) is 5.57. The van der Waals surface area contributed by atoms with Gasteiger partial charge in [-0.2, -0.15) is 0 Å². The van der Waals surface area contributed by atoms with Crippen molar-refractivity contribution in [3.8, 4) is 5.75 Å². The number of amides is 2. The molecule has 0 saturated heterocycles. The molecule has 98 valence electrons. The Hall–Kier alpha value is -1.63. The van der Waals surface area contributed by atoms with E-state index in [0.29, 0.717) is 10.2 Å². The molecule has 0 bridgehead atoms. The van der Waals surface area contributed by atoms with E-state index in [1.807, 2.05) is 0 Å². The van der Waals surface area contributed by atoms with E-state index in [0.717, 1.165) is 0 Å². The number of likely N-dealkylation sites (N-methyl/N-ethyl adjacent to an activating group) is 1. The maximum atomic E-state index is 12.8. The maximum absolute atomic E-state index is 12.8. The van der Waals surface area contributed by atoms with E-state index >= 15 is 0 Å². The molecule has 0 fully saturated rings. The van der Waals surface area contributed by atoms with Crippen LogP contribution in [-0.2, 0) is 9.59 Å². The van der Waals surface area contributed by atoms with E-state index in [1.54, 1.807) is 0 Å². The summed E-state index contributed by atoms with van der Waals surface area (Å²) in [6, 6.07) is 3.87. The molecule has 1 aromatic carbocycles. The second-order valence-corrected chi connectivity index (χ2v) is 4.17. The number of carbonyl (C=O) groups excluding carboxylic acids is 2. The fraction of sp³-hybridized carbons (Fsp3) is 0.273. The van der Waals surface area contributed by atoms with Crippen LogP contribution in [0.25, 0.3) is 0 Å². The topological polar surface area (TPSA) is 67.4 Å². The molecule has 2 N–H and O–H groups in total. The number of ether oxygens (including phenoxy) is 1. The molecule has 0 atom stereocenters. The van der Waals surface area contributed by atoms with E-state index in [9.17, 15) is 14.0 Å². The molecule has 0 aliphatic heterocycles. The molecule has 18 heavy (non-hydrogen) atoms. The van der Waals surface area contributed by atoms with Crippen LogP contribution >= 0.6 is 15.9 Å². The highest BCUT2D eigenvalue weighted by atomic mass is 79.9. The lowest BCUT2D eigenvalue weighted by atomic mass is 10.3. The lowest BCUT2D eigenvalue weighted by molar-refractivity contribution is -0.127. The van der Waals surface area contributed by atoms with E-state index in [2.05, 4.69) is 26.6 Å². The van der Waals surface area contributed by atoms with Crippen LogP contribution < -0.4 is 15.4 Å². The lowest BCUT2D eigenvalue weighted by Gasteiger charge is -2.08. The molecule has 1 aromatic rings. The van der Waals surface area contributed by atoms with Crippen molar-refractivity contribution in [3.63, 3.8) is 0 Å². The van der Waals surface area contributed by atoms with Gasteiger partial charge in [-0.05, 0) is 34.1 Å². The standard InChI is InChI=1S/C11H12BrFN2O3/c1-14-10(16)5-15-11(17)6-18-9-3-2-7(13)4-8(9)12/h2-4H,5-6H2,1H3,(H,14,16)(H,15,17). The molecule has 0 radical (unpaired) electrons. The minimum Gasteiger partial charge on any atom is -0.483 e. The smallest absolute Gasteiger partial charge is 0.258 e. The highest BCUT2D eigenvalue weighted by Crippen LogP contribution is 2.25. The first-order chi connectivity index (χ1) is 8.52. The van der Waals surface area contributed by atoms with Gasteiger partial charge in [-0.3, -0.25) is 9.59 Å². The van der Waals surface area contributed by atoms with Crippen LogP contribution in [0.3, 0.4) is 0 Å². The van der Waals surface area contributed by atoms with Gasteiger partial charge in [-0.25, -0.2) is 4.39 Å². The minimum atomic E-state index is -0.435. The number of hydrogen-bond acceptors (Lipinski definition) is 3. The van der Waals surface area contributed by atoms with Crippen molar-refractivity contribution in [2.24, 2.45) is 0 Å². The second kappa shape index (κ2) is 6.95. The maximum Gasteiger partial charge on any atom is 0.258 e. The Bertz CT molecular complexity index is 454. The monoisotopic (exact) mass is 318 g/mol. The average Bonchev–Trinajstić information content (AvgIpc) is 2.34. The Morgan fingerprint density at radius 3 is 2.72 bits per heavy atom. The summed E-state index contributed by atoms with van der Waals surface area (Å²) in [5.41, 5.74) is 0. The number of hydrogen-bond donors (Lipinski definition) is 2. The summed E-state index contributed by atoms with van der Waals surface area (Å²) in [4.78, 5) is 22.2. The number of rotatable bonds is 5. The zero-order chi connectivity index (χ0) is 13.5. The van der Waals surface area contributed by atoms with Crippen LogP contribution in [-0.4, -0.2) is 32.0 Å². The number of benzene rings is 1. The van der Waals surface area contributed by atoms with Gasteiger partial charge in [0.2, 0.25) is 5.91 Å². The summed E-state index contributed by atoms with van der Waals surface area (Å²) >= 11 is 3.11. The molecule has 0 aliphatic rings. The first kappa shape index (κ1) is 14.4. The molecule has 5 nitrogen and oxygen atoms in total. The van der Waals surface area contributed by atoms with Crippen LogP contribution in [0.1, 0.15) is 0 Å². The van der Waals surface area contributed by atoms with Crippen LogP contribution in [0.4, 0.5) is 4.39 Å². The molecule has 0 aliphatic carbocycles. The van der Waals surface area contributed by atoms with Crippen molar-refractivity contribution in [1.82, 2.24) is 10.6 Å². The Balaban J connectivity index is 2.40. The number of halogens is 2. The van der Waals surface area contributed by atoms with Gasteiger partial charge in [0.05, 0.1) is 11.0 Å². The normalized spacial score (nSPS) is 9.72. The summed E-state index contributed by atoms with van der Waals surface area (Å²) in [5, 5.41) is 4.73. The molecular weight excluding hydrogens is 307 g/mol. The van der Waals surface area contributed by atoms with Crippen LogP contribution in [0.15, 0.2) is 22.7 Å². The summed E-state index contributed by atoms with van der Waals surface area (Å²) < 4.78 is 18.4. The second-order valence-electron chi connectivity index (χ2n) is 3.31. The molecule has 0 unspecified atom stereocenters. The largest absolute Gasteiger partial charge is 0.483 e. The molecule has 0 heterocycles. The fourth-order valence-electron chi connectivity index (χ4n) is 1.05. The van der Waals surface area contributed by atoms with Crippen molar-refractivity contribution in [3.05, 3.63) is 28.5 Å².